The third kappa shape index (κ3) is 3.46. The number of nitrogens with two attached hydrogens (primary N) is 1. The van der Waals surface area contributed by atoms with Gasteiger partial charge in [-0.15, -0.1) is 0 Å². The molecule has 0 amide bonds. The first-order chi connectivity index (χ1) is 7.47. The highest BCUT2D eigenvalue weighted by Crippen LogP contribution is 2.20. The maximum atomic E-state index is 11.0. The SMILES string of the molecule is CCC1CCCCCN1CC(C)(N)C(=O)O. The number of carboxylic acid groups (broad SMARTS) is 1. The van der Waals surface area contributed by atoms with Crippen LogP contribution in [-0.2, 0) is 4.79 Å². The molecule has 0 aromatic rings. The van der Waals surface area contributed by atoms with Gasteiger partial charge in [0.1, 0.15) is 5.54 Å². The topological polar surface area (TPSA) is 66.6 Å². The lowest BCUT2D eigenvalue weighted by Gasteiger charge is -2.34. The fraction of sp³-hybridized carbons (Fsp3) is 0.917. The molecular formula is C12H24N2O2. The van der Waals surface area contributed by atoms with Crippen molar-refractivity contribution in [3.63, 3.8) is 0 Å². The monoisotopic (exact) mass is 228 g/mol. The minimum absolute atomic E-state index is 0.459. The highest BCUT2D eigenvalue weighted by molar-refractivity contribution is 5.78. The number of hydrogen-bond donors (Lipinski definition) is 2. The Kier molecular flexibility index (Phi) is 4.74. The largest absolute Gasteiger partial charge is 0.480 e. The first kappa shape index (κ1) is 13.5. The van der Waals surface area contributed by atoms with E-state index in [9.17, 15) is 4.79 Å². The molecular weight excluding hydrogens is 204 g/mol. The van der Waals surface area contributed by atoms with E-state index in [2.05, 4.69) is 11.8 Å². The van der Waals surface area contributed by atoms with Crippen molar-refractivity contribution < 1.29 is 9.90 Å². The summed E-state index contributed by atoms with van der Waals surface area (Å²) in [5.74, 6) is -0.911. The standard InChI is InChI=1S/C12H24N2O2/c1-3-10-7-5-4-6-8-14(10)9-12(2,13)11(15)16/h10H,3-9,13H2,1-2H3,(H,15,16). The van der Waals surface area contributed by atoms with Crippen LogP contribution < -0.4 is 5.73 Å². The van der Waals surface area contributed by atoms with Gasteiger partial charge in [0.2, 0.25) is 0 Å². The van der Waals surface area contributed by atoms with Gasteiger partial charge in [-0.2, -0.15) is 0 Å². The minimum atomic E-state index is -1.13. The van der Waals surface area contributed by atoms with E-state index in [0.29, 0.717) is 12.6 Å². The zero-order chi connectivity index (χ0) is 12.2. The Labute approximate surface area is 97.8 Å². The summed E-state index contributed by atoms with van der Waals surface area (Å²) < 4.78 is 0. The van der Waals surface area contributed by atoms with Crippen molar-refractivity contribution in [3.8, 4) is 0 Å². The van der Waals surface area contributed by atoms with Crippen molar-refractivity contribution in [2.24, 2.45) is 5.73 Å². The van der Waals surface area contributed by atoms with Gasteiger partial charge < -0.3 is 10.8 Å². The molecule has 1 aliphatic rings. The Morgan fingerprint density at radius 1 is 1.50 bits per heavy atom. The first-order valence-electron chi connectivity index (χ1n) is 6.23. The third-order valence-electron chi connectivity index (χ3n) is 3.49. The summed E-state index contributed by atoms with van der Waals surface area (Å²) in [4.78, 5) is 13.3. The molecule has 0 radical (unpaired) electrons. The number of carbonyl (C=O) groups is 1. The molecule has 3 N–H and O–H groups in total. The van der Waals surface area contributed by atoms with Gasteiger partial charge in [0.05, 0.1) is 0 Å². The van der Waals surface area contributed by atoms with E-state index in [1.165, 1.54) is 19.3 Å². The molecule has 0 aromatic heterocycles. The second kappa shape index (κ2) is 5.64. The Morgan fingerprint density at radius 3 is 2.75 bits per heavy atom. The van der Waals surface area contributed by atoms with E-state index < -0.39 is 11.5 Å². The van der Waals surface area contributed by atoms with Crippen molar-refractivity contribution in [1.29, 1.82) is 0 Å². The number of carboxylic acids is 1. The molecule has 0 spiro atoms. The lowest BCUT2D eigenvalue weighted by atomic mass is 10.0. The highest BCUT2D eigenvalue weighted by Gasteiger charge is 2.33. The molecule has 16 heavy (non-hydrogen) atoms. The van der Waals surface area contributed by atoms with Gasteiger partial charge in [0.25, 0.3) is 0 Å². The lowest BCUT2D eigenvalue weighted by Crippen LogP contribution is -2.55. The number of hydrogen-bond acceptors (Lipinski definition) is 3. The van der Waals surface area contributed by atoms with Gasteiger partial charge in [-0.1, -0.05) is 19.8 Å². The molecule has 94 valence electrons. The maximum absolute atomic E-state index is 11.0. The quantitative estimate of drug-likeness (QED) is 0.764. The molecule has 0 aliphatic carbocycles. The Morgan fingerprint density at radius 2 is 2.19 bits per heavy atom. The van der Waals surface area contributed by atoms with E-state index in [-0.39, 0.29) is 0 Å². The van der Waals surface area contributed by atoms with E-state index in [0.717, 1.165) is 19.4 Å². The van der Waals surface area contributed by atoms with Crippen LogP contribution in [0.2, 0.25) is 0 Å². The molecule has 0 aromatic carbocycles. The van der Waals surface area contributed by atoms with Crippen LogP contribution in [0.1, 0.15) is 46.0 Å². The molecule has 1 saturated heterocycles. The number of rotatable bonds is 4. The van der Waals surface area contributed by atoms with Crippen LogP contribution in [0.4, 0.5) is 0 Å². The van der Waals surface area contributed by atoms with Crippen LogP contribution in [0.3, 0.4) is 0 Å². The van der Waals surface area contributed by atoms with Crippen molar-refractivity contribution in [2.75, 3.05) is 13.1 Å². The number of nitrogens with zero attached hydrogens (tertiary/aromatic N) is 1. The van der Waals surface area contributed by atoms with E-state index >= 15 is 0 Å². The second-order valence-corrected chi connectivity index (χ2v) is 5.10. The molecule has 1 rings (SSSR count). The molecule has 2 unspecified atom stereocenters. The summed E-state index contributed by atoms with van der Waals surface area (Å²) in [5.41, 5.74) is 4.69. The molecule has 4 nitrogen and oxygen atoms in total. The summed E-state index contributed by atoms with van der Waals surface area (Å²) in [6.07, 6.45) is 5.92. The summed E-state index contributed by atoms with van der Waals surface area (Å²) >= 11 is 0. The molecule has 0 saturated carbocycles. The molecule has 2 atom stereocenters. The fourth-order valence-electron chi connectivity index (χ4n) is 2.40. The molecule has 1 fully saturated rings. The lowest BCUT2D eigenvalue weighted by molar-refractivity contribution is -0.143. The Bertz CT molecular complexity index is 241. The summed E-state index contributed by atoms with van der Waals surface area (Å²) in [6.45, 7) is 5.21. The van der Waals surface area contributed by atoms with Crippen LogP contribution >= 0.6 is 0 Å². The second-order valence-electron chi connectivity index (χ2n) is 5.10. The van der Waals surface area contributed by atoms with Crippen molar-refractivity contribution in [3.05, 3.63) is 0 Å². The zero-order valence-corrected chi connectivity index (χ0v) is 10.4. The molecule has 1 heterocycles. The van der Waals surface area contributed by atoms with Gasteiger partial charge in [0.15, 0.2) is 0 Å². The predicted octanol–water partition coefficient (Wildman–Crippen LogP) is 1.44. The van der Waals surface area contributed by atoms with E-state index in [1.54, 1.807) is 6.92 Å². The van der Waals surface area contributed by atoms with Crippen molar-refractivity contribution >= 4 is 5.97 Å². The van der Waals surface area contributed by atoms with Gasteiger partial charge in [-0.05, 0) is 32.7 Å². The van der Waals surface area contributed by atoms with Crippen molar-refractivity contribution in [1.82, 2.24) is 4.90 Å². The summed E-state index contributed by atoms with van der Waals surface area (Å²) in [6, 6.07) is 0.504. The first-order valence-corrected chi connectivity index (χ1v) is 6.23. The third-order valence-corrected chi connectivity index (χ3v) is 3.49. The van der Waals surface area contributed by atoms with Gasteiger partial charge in [-0.25, -0.2) is 0 Å². The maximum Gasteiger partial charge on any atom is 0.324 e. The van der Waals surface area contributed by atoms with Crippen molar-refractivity contribution in [2.45, 2.75) is 57.5 Å². The normalized spacial score (nSPS) is 27.1. The van der Waals surface area contributed by atoms with Gasteiger partial charge in [0, 0.05) is 12.6 Å². The summed E-state index contributed by atoms with van der Waals surface area (Å²) in [7, 11) is 0. The van der Waals surface area contributed by atoms with Gasteiger partial charge >= 0.3 is 5.97 Å². The molecule has 4 heteroatoms. The zero-order valence-electron chi connectivity index (χ0n) is 10.4. The van der Waals surface area contributed by atoms with E-state index in [1.807, 2.05) is 0 Å². The predicted molar refractivity (Wildman–Crippen MR) is 64.3 cm³/mol. The smallest absolute Gasteiger partial charge is 0.324 e. The average molecular weight is 228 g/mol. The van der Waals surface area contributed by atoms with Gasteiger partial charge in [-0.3, -0.25) is 9.69 Å². The average Bonchev–Trinajstić information content (AvgIpc) is 2.42. The number of likely N-dealkylation sites (tertiary alicyclic amines) is 1. The molecule has 0 bridgehead atoms. The number of aliphatic carboxylic acids is 1. The van der Waals surface area contributed by atoms with Crippen LogP contribution in [0.15, 0.2) is 0 Å². The highest BCUT2D eigenvalue weighted by atomic mass is 16.4. The van der Waals surface area contributed by atoms with Crippen LogP contribution in [-0.4, -0.2) is 40.6 Å². The van der Waals surface area contributed by atoms with Crippen LogP contribution in [0.5, 0.6) is 0 Å². The van der Waals surface area contributed by atoms with E-state index in [4.69, 9.17) is 10.8 Å². The Balaban J connectivity index is 2.64. The molecule has 1 aliphatic heterocycles. The fourth-order valence-corrected chi connectivity index (χ4v) is 2.40. The van der Waals surface area contributed by atoms with Crippen LogP contribution in [0.25, 0.3) is 0 Å². The minimum Gasteiger partial charge on any atom is -0.480 e. The summed E-state index contributed by atoms with van der Waals surface area (Å²) in [5, 5.41) is 9.05. The Hall–Kier alpha value is -0.610. The van der Waals surface area contributed by atoms with Crippen LogP contribution in [0, 0.1) is 0 Å².